The molecule has 0 aromatic carbocycles. The monoisotopic (exact) mass is 230 g/mol. The van der Waals surface area contributed by atoms with Gasteiger partial charge in [-0.15, -0.1) is 0 Å². The molecule has 0 bridgehead atoms. The summed E-state index contributed by atoms with van der Waals surface area (Å²) in [4.78, 5) is 0. The zero-order valence-corrected chi connectivity index (χ0v) is 10.1. The first kappa shape index (κ1) is 12.7. The quantitative estimate of drug-likeness (QED) is 0.645. The van der Waals surface area contributed by atoms with Gasteiger partial charge in [0.2, 0.25) is 0 Å². The van der Waals surface area contributed by atoms with E-state index < -0.39 is 17.3 Å². The summed E-state index contributed by atoms with van der Waals surface area (Å²) in [6, 6.07) is 0. The molecule has 0 rings (SSSR count). The Morgan fingerprint density at radius 1 is 1.50 bits per heavy atom. The Kier molecular flexibility index (Phi) is 6.59. The third-order valence-electron chi connectivity index (χ3n) is 1.06. The molecule has 1 unspecified atom stereocenters. The van der Waals surface area contributed by atoms with Crippen molar-refractivity contribution in [2.75, 3.05) is 31.9 Å². The second-order valence-electron chi connectivity index (χ2n) is 2.30. The average molecular weight is 230 g/mol. The van der Waals surface area contributed by atoms with Gasteiger partial charge in [-0.05, 0) is 18.7 Å². The van der Waals surface area contributed by atoms with Crippen molar-refractivity contribution in [1.82, 2.24) is 0 Å². The average Bonchev–Trinajstić information content (AvgIpc) is 1.85. The van der Waals surface area contributed by atoms with Crippen molar-refractivity contribution in [2.24, 2.45) is 0 Å². The maximum absolute atomic E-state index is 10.7. The third-order valence-corrected chi connectivity index (χ3v) is 3.81. The summed E-state index contributed by atoms with van der Waals surface area (Å²) in [5.74, 6) is 0.527. The molecule has 6 heteroatoms. The fraction of sp³-hybridized carbons (Fsp3) is 1.00. The van der Waals surface area contributed by atoms with Crippen molar-refractivity contribution in [3.8, 4) is 0 Å². The van der Waals surface area contributed by atoms with Crippen molar-refractivity contribution in [1.29, 1.82) is 0 Å². The molecule has 0 aliphatic carbocycles. The summed E-state index contributed by atoms with van der Waals surface area (Å²) in [7, 11) is -0.813. The summed E-state index contributed by atoms with van der Waals surface area (Å²) in [5.41, 5.74) is 0. The van der Waals surface area contributed by atoms with Gasteiger partial charge in [-0.1, -0.05) is 0 Å². The molecule has 0 aromatic rings. The van der Waals surface area contributed by atoms with Gasteiger partial charge in [-0.25, -0.2) is 0 Å². The van der Waals surface area contributed by atoms with Gasteiger partial charge in [0.25, 0.3) is 0 Å². The van der Waals surface area contributed by atoms with Gasteiger partial charge < -0.3 is 9.05 Å². The standard InChI is InChI=1S/C6H15O3PS2/c1-4-8-10(2,11)9-5-6-12(3)7/h4-6H2,1-3H3/t10?,12-/m0/s1. The van der Waals surface area contributed by atoms with Crippen LogP contribution in [-0.2, 0) is 31.7 Å². The van der Waals surface area contributed by atoms with Gasteiger partial charge in [-0.2, -0.15) is 0 Å². The van der Waals surface area contributed by atoms with Gasteiger partial charge >= 0.3 is 0 Å². The van der Waals surface area contributed by atoms with Crippen molar-refractivity contribution < 1.29 is 13.3 Å². The fourth-order valence-corrected chi connectivity index (χ4v) is 2.54. The Labute approximate surface area is 81.5 Å². The first-order valence-corrected chi connectivity index (χ1v) is 8.46. The van der Waals surface area contributed by atoms with Crippen LogP contribution < -0.4 is 0 Å². The van der Waals surface area contributed by atoms with Crippen molar-refractivity contribution in [2.45, 2.75) is 6.92 Å². The maximum Gasteiger partial charge on any atom is 0.185 e. The third kappa shape index (κ3) is 7.37. The molecule has 74 valence electrons. The molecule has 0 saturated heterocycles. The van der Waals surface area contributed by atoms with E-state index >= 15 is 0 Å². The maximum atomic E-state index is 10.7. The van der Waals surface area contributed by atoms with Crippen LogP contribution in [0.5, 0.6) is 0 Å². The fourth-order valence-electron chi connectivity index (χ4n) is 0.592. The van der Waals surface area contributed by atoms with E-state index in [1.54, 1.807) is 12.9 Å². The number of rotatable bonds is 6. The largest absolute Gasteiger partial charge is 0.330 e. The highest BCUT2D eigenvalue weighted by Crippen LogP contribution is 2.43. The molecule has 0 saturated carbocycles. The molecule has 0 aliphatic heterocycles. The normalized spacial score (nSPS) is 18.6. The number of hydrogen-bond acceptors (Lipinski definition) is 4. The van der Waals surface area contributed by atoms with Crippen LogP contribution in [0.3, 0.4) is 0 Å². The summed E-state index contributed by atoms with van der Waals surface area (Å²) in [6.07, 6.45) is 1.64. The molecule has 0 aliphatic rings. The van der Waals surface area contributed by atoms with Crippen molar-refractivity contribution in [3.63, 3.8) is 0 Å². The molecule has 0 radical (unpaired) electrons. The molecule has 0 aromatic heterocycles. The van der Waals surface area contributed by atoms with Gasteiger partial charge in [-0.3, -0.25) is 4.21 Å². The minimum Gasteiger partial charge on any atom is -0.330 e. The summed E-state index contributed by atoms with van der Waals surface area (Å²) in [6.45, 7) is 2.61. The lowest BCUT2D eigenvalue weighted by atomic mass is 10.9. The Bertz CT molecular complexity index is 195. The first-order chi connectivity index (χ1) is 5.48. The first-order valence-electron chi connectivity index (χ1n) is 3.64. The topological polar surface area (TPSA) is 35.5 Å². The Morgan fingerprint density at radius 2 is 2.08 bits per heavy atom. The highest BCUT2D eigenvalue weighted by molar-refractivity contribution is 8.09. The Hall–Kier alpha value is 0.720. The summed E-state index contributed by atoms with van der Waals surface area (Å²) >= 11 is 5.06. The van der Waals surface area contributed by atoms with Crippen LogP contribution in [0.1, 0.15) is 6.92 Å². The van der Waals surface area contributed by atoms with E-state index in [9.17, 15) is 4.21 Å². The van der Waals surface area contributed by atoms with Gasteiger partial charge in [0, 0.05) is 29.5 Å². The van der Waals surface area contributed by atoms with Crippen LogP contribution in [0, 0.1) is 0 Å². The van der Waals surface area contributed by atoms with Gasteiger partial charge in [0.15, 0.2) is 6.49 Å². The highest BCUT2D eigenvalue weighted by atomic mass is 32.5. The molecule has 0 fully saturated rings. The van der Waals surface area contributed by atoms with Crippen LogP contribution in [0.2, 0.25) is 0 Å². The molecule has 3 nitrogen and oxygen atoms in total. The molecular weight excluding hydrogens is 215 g/mol. The van der Waals surface area contributed by atoms with E-state index in [4.69, 9.17) is 20.9 Å². The minimum atomic E-state index is -2.05. The summed E-state index contributed by atoms with van der Waals surface area (Å²) in [5, 5.41) is 0. The lowest BCUT2D eigenvalue weighted by Gasteiger charge is -2.15. The lowest BCUT2D eigenvalue weighted by molar-refractivity contribution is 0.272. The molecule has 12 heavy (non-hydrogen) atoms. The zero-order valence-electron chi connectivity index (χ0n) is 7.61. The second kappa shape index (κ2) is 6.22. The van der Waals surface area contributed by atoms with Crippen LogP contribution in [0.15, 0.2) is 0 Å². The van der Waals surface area contributed by atoms with E-state index in [1.807, 2.05) is 6.92 Å². The predicted molar refractivity (Wildman–Crippen MR) is 56.7 cm³/mol. The van der Waals surface area contributed by atoms with Crippen LogP contribution in [0.25, 0.3) is 0 Å². The molecular formula is C6H15O3PS2. The second-order valence-corrected chi connectivity index (χ2v) is 7.90. The van der Waals surface area contributed by atoms with E-state index in [0.717, 1.165) is 0 Å². The molecule has 2 atom stereocenters. The molecule has 0 amide bonds. The zero-order chi connectivity index (χ0) is 9.61. The van der Waals surface area contributed by atoms with Gasteiger partial charge in [0.1, 0.15) is 0 Å². The van der Waals surface area contributed by atoms with Crippen LogP contribution in [0.4, 0.5) is 0 Å². The van der Waals surface area contributed by atoms with Gasteiger partial charge in [0.05, 0.1) is 13.2 Å². The van der Waals surface area contributed by atoms with E-state index in [-0.39, 0.29) is 0 Å². The lowest BCUT2D eigenvalue weighted by Crippen LogP contribution is -2.04. The van der Waals surface area contributed by atoms with E-state index in [2.05, 4.69) is 0 Å². The SMILES string of the molecule is CCOP(C)(=S)OCC[S@](C)=O. The summed E-state index contributed by atoms with van der Waals surface area (Å²) < 4.78 is 21.2. The van der Waals surface area contributed by atoms with E-state index in [0.29, 0.717) is 19.0 Å². The Balaban J connectivity index is 3.61. The minimum absolute atomic E-state index is 0.427. The smallest absolute Gasteiger partial charge is 0.185 e. The van der Waals surface area contributed by atoms with Crippen molar-refractivity contribution >= 4 is 29.1 Å². The number of hydrogen-bond donors (Lipinski definition) is 0. The van der Waals surface area contributed by atoms with Crippen LogP contribution >= 0.6 is 6.49 Å². The highest BCUT2D eigenvalue weighted by Gasteiger charge is 2.09. The van der Waals surface area contributed by atoms with E-state index in [1.165, 1.54) is 0 Å². The molecule has 0 heterocycles. The predicted octanol–water partition coefficient (Wildman–Crippen LogP) is 1.36. The molecule has 0 N–H and O–H groups in total. The Morgan fingerprint density at radius 3 is 2.50 bits per heavy atom. The molecule has 0 spiro atoms. The van der Waals surface area contributed by atoms with Crippen LogP contribution in [-0.4, -0.2) is 36.1 Å². The van der Waals surface area contributed by atoms with Crippen molar-refractivity contribution in [3.05, 3.63) is 0 Å².